The predicted molar refractivity (Wildman–Crippen MR) is 124 cm³/mol. The lowest BCUT2D eigenvalue weighted by molar-refractivity contribution is -0.128. The monoisotopic (exact) mass is 477 g/mol. The van der Waals surface area contributed by atoms with E-state index >= 15 is 0 Å². The molecule has 5 rings (SSSR count). The highest BCUT2D eigenvalue weighted by Crippen LogP contribution is 2.40. The highest BCUT2D eigenvalue weighted by molar-refractivity contribution is 6.05. The van der Waals surface area contributed by atoms with Gasteiger partial charge in [0.25, 0.3) is 5.91 Å². The quantitative estimate of drug-likeness (QED) is 0.444. The summed E-state index contributed by atoms with van der Waals surface area (Å²) in [6.07, 6.45) is 3.12. The summed E-state index contributed by atoms with van der Waals surface area (Å²) in [5.41, 5.74) is -0.224. The Morgan fingerprint density at radius 3 is 2.71 bits per heavy atom. The van der Waals surface area contributed by atoms with Crippen LogP contribution >= 0.6 is 0 Å². The molecule has 0 bridgehead atoms. The van der Waals surface area contributed by atoms with Gasteiger partial charge in [0.2, 0.25) is 17.7 Å². The maximum absolute atomic E-state index is 13.3. The van der Waals surface area contributed by atoms with E-state index in [9.17, 15) is 24.4 Å². The fraction of sp³-hybridized carbons (Fsp3) is 0.480. The summed E-state index contributed by atoms with van der Waals surface area (Å²) in [5.74, 6) is -1.72. The van der Waals surface area contributed by atoms with Crippen molar-refractivity contribution in [1.29, 1.82) is 5.26 Å². The van der Waals surface area contributed by atoms with Crippen molar-refractivity contribution in [2.45, 2.75) is 50.1 Å². The average Bonchev–Trinajstić information content (AvgIpc) is 3.48. The van der Waals surface area contributed by atoms with Crippen LogP contribution in [0.2, 0.25) is 0 Å². The number of H-pyrrole nitrogens is 1. The molecular weight excluding hydrogens is 450 g/mol. The third-order valence-electron chi connectivity index (χ3n) is 7.41. The minimum Gasteiger partial charge on any atom is -0.496 e. The summed E-state index contributed by atoms with van der Waals surface area (Å²) in [6.45, 7) is 0. The number of fused-ring (bicyclic) bond motifs is 2. The molecule has 2 heterocycles. The number of aromatic nitrogens is 1. The molecule has 2 aliphatic carbocycles. The third-order valence-corrected chi connectivity index (χ3v) is 7.41. The van der Waals surface area contributed by atoms with Gasteiger partial charge < -0.3 is 20.4 Å². The summed E-state index contributed by atoms with van der Waals surface area (Å²) in [4.78, 5) is 53.7. The number of nitriles is 1. The molecule has 1 aliphatic heterocycles. The number of carbonyl (C=O) groups is 4. The molecule has 4 atom stereocenters. The molecule has 2 aromatic rings. The van der Waals surface area contributed by atoms with E-state index in [0.29, 0.717) is 30.2 Å². The van der Waals surface area contributed by atoms with Gasteiger partial charge in [0.15, 0.2) is 0 Å². The second-order valence-corrected chi connectivity index (χ2v) is 9.80. The van der Waals surface area contributed by atoms with Gasteiger partial charge in [-0.05, 0) is 49.8 Å². The molecule has 2 saturated carbocycles. The number of nitrogens with one attached hydrogen (secondary N) is 4. The summed E-state index contributed by atoms with van der Waals surface area (Å²) in [7, 11) is 1.56. The number of amides is 4. The maximum atomic E-state index is 13.3. The van der Waals surface area contributed by atoms with Crippen LogP contribution in [0.15, 0.2) is 24.3 Å². The van der Waals surface area contributed by atoms with Crippen LogP contribution in [0.5, 0.6) is 5.75 Å². The van der Waals surface area contributed by atoms with E-state index < -0.39 is 41.1 Å². The number of hydrogen-bond donors (Lipinski definition) is 4. The van der Waals surface area contributed by atoms with Crippen molar-refractivity contribution in [2.75, 3.05) is 7.11 Å². The third kappa shape index (κ3) is 4.34. The molecule has 1 aromatic carbocycles. The van der Waals surface area contributed by atoms with Crippen molar-refractivity contribution >= 4 is 34.5 Å². The van der Waals surface area contributed by atoms with E-state index in [0.717, 1.165) is 23.7 Å². The minimum absolute atomic E-state index is 0.0728. The Kier molecular flexibility index (Phi) is 5.71. The molecule has 0 radical (unpaired) electrons. The number of benzene rings is 1. The lowest BCUT2D eigenvalue weighted by atomic mass is 9.71. The molecular formula is C25H27N5O5. The van der Waals surface area contributed by atoms with Crippen molar-refractivity contribution in [2.24, 2.45) is 17.8 Å². The Bertz CT molecular complexity index is 1260. The smallest absolute Gasteiger partial charge is 0.268 e. The molecule has 10 nitrogen and oxygen atoms in total. The second kappa shape index (κ2) is 8.73. The van der Waals surface area contributed by atoms with Gasteiger partial charge in [-0.15, -0.1) is 0 Å². The van der Waals surface area contributed by atoms with Gasteiger partial charge in [-0.1, -0.05) is 18.9 Å². The molecule has 3 fully saturated rings. The van der Waals surface area contributed by atoms with Gasteiger partial charge in [-0.2, -0.15) is 5.26 Å². The zero-order valence-electron chi connectivity index (χ0n) is 19.3. The number of rotatable bonds is 7. The first-order chi connectivity index (χ1) is 16.8. The Morgan fingerprint density at radius 2 is 2.00 bits per heavy atom. The zero-order chi connectivity index (χ0) is 24.7. The average molecular weight is 478 g/mol. The first kappa shape index (κ1) is 22.9. The summed E-state index contributed by atoms with van der Waals surface area (Å²) in [6, 6.07) is 8.49. The standard InChI is InChI=1S/C25H27N5O5/c1-35-20-4-2-3-17-15(20)10-19(27-17)23(33)28-18(9-13-5-6-13)24(34)30-25(12-26)8-7-14-16(11-25)22(32)29-21(14)31/h2-4,10,13-14,16,18,27H,5-9,11H2,1H3,(H,28,33)(H,30,34)(H,29,31,32)/t14?,16-,18?,25?/m1/s1. The second-order valence-electron chi connectivity index (χ2n) is 9.80. The molecule has 10 heteroatoms. The fourth-order valence-corrected chi connectivity index (χ4v) is 5.27. The van der Waals surface area contributed by atoms with E-state index in [2.05, 4.69) is 27.0 Å². The van der Waals surface area contributed by atoms with Crippen LogP contribution in [-0.4, -0.2) is 47.3 Å². The predicted octanol–water partition coefficient (Wildman–Crippen LogP) is 1.53. The largest absolute Gasteiger partial charge is 0.496 e. The molecule has 182 valence electrons. The van der Waals surface area contributed by atoms with Crippen LogP contribution in [0.25, 0.3) is 10.9 Å². The summed E-state index contributed by atoms with van der Waals surface area (Å²) in [5, 5.41) is 18.7. The van der Waals surface area contributed by atoms with E-state index in [1.165, 1.54) is 0 Å². The fourth-order valence-electron chi connectivity index (χ4n) is 5.27. The van der Waals surface area contributed by atoms with Crippen molar-refractivity contribution in [3.63, 3.8) is 0 Å². The zero-order valence-corrected chi connectivity index (χ0v) is 19.3. The molecule has 0 spiro atoms. The van der Waals surface area contributed by atoms with Crippen LogP contribution in [0.4, 0.5) is 0 Å². The van der Waals surface area contributed by atoms with Crippen molar-refractivity contribution in [1.82, 2.24) is 20.9 Å². The molecule has 1 saturated heterocycles. The van der Waals surface area contributed by atoms with Crippen molar-refractivity contribution in [3.8, 4) is 11.8 Å². The lowest BCUT2D eigenvalue weighted by Gasteiger charge is -2.37. The van der Waals surface area contributed by atoms with Gasteiger partial charge >= 0.3 is 0 Å². The highest BCUT2D eigenvalue weighted by atomic mass is 16.5. The van der Waals surface area contributed by atoms with Gasteiger partial charge in [-0.25, -0.2) is 0 Å². The van der Waals surface area contributed by atoms with Crippen LogP contribution in [0.3, 0.4) is 0 Å². The Morgan fingerprint density at radius 1 is 1.23 bits per heavy atom. The molecule has 3 aliphatic rings. The molecule has 3 unspecified atom stereocenters. The molecule has 4 N–H and O–H groups in total. The number of nitrogens with zero attached hydrogens (tertiary/aromatic N) is 1. The number of hydrogen-bond acceptors (Lipinski definition) is 6. The summed E-state index contributed by atoms with van der Waals surface area (Å²) >= 11 is 0. The SMILES string of the molecule is COc1cccc2[nH]c(C(=O)NC(CC3CC3)C(=O)NC3(C#N)CCC4C(=O)NC(=O)[C@@H]4C3)cc12. The lowest BCUT2D eigenvalue weighted by Crippen LogP contribution is -2.57. The Hall–Kier alpha value is -3.87. The molecule has 35 heavy (non-hydrogen) atoms. The summed E-state index contributed by atoms with van der Waals surface area (Å²) < 4.78 is 5.36. The molecule has 1 aromatic heterocycles. The van der Waals surface area contributed by atoms with Gasteiger partial charge in [0, 0.05) is 10.9 Å². The van der Waals surface area contributed by atoms with Gasteiger partial charge in [0.05, 0.1) is 25.0 Å². The number of imide groups is 1. The first-order valence-electron chi connectivity index (χ1n) is 11.9. The van der Waals surface area contributed by atoms with Crippen LogP contribution in [0.1, 0.15) is 49.0 Å². The van der Waals surface area contributed by atoms with E-state index in [4.69, 9.17) is 4.74 Å². The Labute approximate surface area is 201 Å². The van der Waals surface area contributed by atoms with Crippen molar-refractivity contribution in [3.05, 3.63) is 30.0 Å². The number of carbonyl (C=O) groups excluding carboxylic acids is 4. The van der Waals surface area contributed by atoms with Crippen LogP contribution in [-0.2, 0) is 14.4 Å². The maximum Gasteiger partial charge on any atom is 0.268 e. The van der Waals surface area contributed by atoms with E-state index in [-0.39, 0.29) is 18.7 Å². The van der Waals surface area contributed by atoms with E-state index in [1.54, 1.807) is 19.2 Å². The van der Waals surface area contributed by atoms with E-state index in [1.807, 2.05) is 12.1 Å². The topological polar surface area (TPSA) is 153 Å². The highest BCUT2D eigenvalue weighted by Gasteiger charge is 2.51. The van der Waals surface area contributed by atoms with Gasteiger partial charge in [-0.3, -0.25) is 24.5 Å². The number of aromatic amines is 1. The van der Waals surface area contributed by atoms with Crippen LogP contribution in [0, 0.1) is 29.1 Å². The number of methoxy groups -OCH3 is 1. The van der Waals surface area contributed by atoms with Crippen LogP contribution < -0.4 is 20.7 Å². The number of ether oxygens (including phenoxy) is 1. The molecule has 4 amide bonds. The Balaban J connectivity index is 1.32. The normalized spacial score (nSPS) is 26.4. The van der Waals surface area contributed by atoms with Crippen molar-refractivity contribution < 1.29 is 23.9 Å². The first-order valence-corrected chi connectivity index (χ1v) is 11.9. The minimum atomic E-state index is -1.26. The van der Waals surface area contributed by atoms with Gasteiger partial charge in [0.1, 0.15) is 23.0 Å².